The molecule has 1 aliphatic heterocycles. The molecule has 1 aliphatic rings. The van der Waals surface area contributed by atoms with Crippen molar-refractivity contribution in [2.45, 2.75) is 84.3 Å². The fraction of sp³-hybridized carbons (Fsp3) is 0.618. The maximum atomic E-state index is 6.76. The summed E-state index contributed by atoms with van der Waals surface area (Å²) in [5.41, 5.74) is 4.63. The van der Waals surface area contributed by atoms with Crippen molar-refractivity contribution in [3.8, 4) is 23.0 Å². The Bertz CT molecular complexity index is 1240. The van der Waals surface area contributed by atoms with Gasteiger partial charge in [0, 0.05) is 19.2 Å². The van der Waals surface area contributed by atoms with Crippen molar-refractivity contribution >= 4 is 14.7 Å². The molecule has 0 saturated heterocycles. The lowest BCUT2D eigenvalue weighted by atomic mass is 9.87. The number of rotatable bonds is 14. The summed E-state index contributed by atoms with van der Waals surface area (Å²) in [6.45, 7) is 17.6. The Morgan fingerprint density at radius 1 is 0.953 bits per heavy atom. The van der Waals surface area contributed by atoms with E-state index in [1.165, 1.54) is 11.1 Å². The summed E-state index contributed by atoms with van der Waals surface area (Å²) >= 11 is 0. The molecular formula is C34H54N2O6Si. The number of benzene rings is 2. The second-order valence-electron chi connectivity index (χ2n) is 13.1. The van der Waals surface area contributed by atoms with Gasteiger partial charge < -0.3 is 33.0 Å². The molecule has 0 radical (unpaired) electrons. The minimum atomic E-state index is -2.03. The number of fused-ring (bicyclic) bond motifs is 1. The fourth-order valence-corrected chi connectivity index (χ4v) is 6.16. The predicted octanol–water partition coefficient (Wildman–Crippen LogP) is 7.08. The third kappa shape index (κ3) is 8.05. The number of hydrogen-bond donors (Lipinski definition) is 0. The van der Waals surface area contributed by atoms with Gasteiger partial charge in [0.2, 0.25) is 0 Å². The van der Waals surface area contributed by atoms with Gasteiger partial charge in [0.25, 0.3) is 0 Å². The van der Waals surface area contributed by atoms with Crippen LogP contribution in [0.1, 0.15) is 62.9 Å². The molecule has 240 valence electrons. The van der Waals surface area contributed by atoms with Gasteiger partial charge in [0.1, 0.15) is 0 Å². The largest absolute Gasteiger partial charge is 0.493 e. The molecule has 0 fully saturated rings. The second kappa shape index (κ2) is 14.8. The molecule has 2 aromatic carbocycles. The standard InChI is InChI=1S/C34H54N2O6Si/c1-23(2)28(21-37-6)35-22-36-16-15-25-18-31(39-8)32(40-9)19-26(25)29(36)17-24-13-14-30(38-7)33(41-10)27(24)20-42-43(11,12)34(3,4)5/h13-14,18-19,22-23,28-29H,15-17,20-21H2,1-12H3/t28-,29+/m1/s1. The number of ether oxygens (including phenoxy) is 5. The lowest BCUT2D eigenvalue weighted by Gasteiger charge is -2.38. The maximum Gasteiger partial charge on any atom is 0.192 e. The number of nitrogens with zero attached hydrogens (tertiary/aromatic N) is 2. The molecule has 43 heavy (non-hydrogen) atoms. The highest BCUT2D eigenvalue weighted by Gasteiger charge is 2.38. The Morgan fingerprint density at radius 2 is 1.60 bits per heavy atom. The lowest BCUT2D eigenvalue weighted by Crippen LogP contribution is -2.40. The van der Waals surface area contributed by atoms with Crippen LogP contribution in [-0.4, -0.2) is 74.3 Å². The van der Waals surface area contributed by atoms with Gasteiger partial charge in [-0.3, -0.25) is 4.99 Å². The molecule has 0 aliphatic carbocycles. The van der Waals surface area contributed by atoms with Gasteiger partial charge >= 0.3 is 0 Å². The van der Waals surface area contributed by atoms with Crippen LogP contribution in [-0.2, 0) is 28.6 Å². The van der Waals surface area contributed by atoms with Crippen LogP contribution < -0.4 is 18.9 Å². The topological polar surface area (TPSA) is 71.0 Å². The molecule has 2 atom stereocenters. The predicted molar refractivity (Wildman–Crippen MR) is 177 cm³/mol. The summed E-state index contributed by atoms with van der Waals surface area (Å²) in [4.78, 5) is 7.37. The smallest absolute Gasteiger partial charge is 0.192 e. The fourth-order valence-electron chi connectivity index (χ4n) is 5.22. The summed E-state index contributed by atoms with van der Waals surface area (Å²) in [6.07, 6.45) is 3.63. The van der Waals surface area contributed by atoms with Gasteiger partial charge in [-0.05, 0) is 71.8 Å². The van der Waals surface area contributed by atoms with Gasteiger partial charge in [-0.2, -0.15) is 0 Å². The Labute approximate surface area is 260 Å². The molecule has 0 amide bonds. The van der Waals surface area contributed by atoms with Crippen molar-refractivity contribution in [3.63, 3.8) is 0 Å². The Balaban J connectivity index is 2.14. The van der Waals surface area contributed by atoms with E-state index in [2.05, 4.69) is 70.8 Å². The van der Waals surface area contributed by atoms with Crippen molar-refractivity contribution in [1.82, 2.24) is 4.90 Å². The molecule has 8 nitrogen and oxygen atoms in total. The maximum absolute atomic E-state index is 6.76. The zero-order valence-corrected chi connectivity index (χ0v) is 29.5. The molecule has 1 heterocycles. The van der Waals surface area contributed by atoms with Gasteiger partial charge in [0.15, 0.2) is 31.3 Å². The zero-order chi connectivity index (χ0) is 31.9. The highest BCUT2D eigenvalue weighted by atomic mass is 28.4. The van der Waals surface area contributed by atoms with Gasteiger partial charge in [0.05, 0.1) is 60.1 Å². The van der Waals surface area contributed by atoms with Crippen molar-refractivity contribution in [1.29, 1.82) is 0 Å². The molecule has 0 N–H and O–H groups in total. The zero-order valence-electron chi connectivity index (χ0n) is 28.5. The van der Waals surface area contributed by atoms with E-state index >= 15 is 0 Å². The van der Waals surface area contributed by atoms with Crippen LogP contribution in [0.25, 0.3) is 0 Å². The van der Waals surface area contributed by atoms with Crippen LogP contribution >= 0.6 is 0 Å². The van der Waals surface area contributed by atoms with Crippen LogP contribution in [0.2, 0.25) is 18.1 Å². The van der Waals surface area contributed by atoms with Crippen LogP contribution in [0.15, 0.2) is 29.3 Å². The van der Waals surface area contributed by atoms with Crippen molar-refractivity contribution < 1.29 is 28.1 Å². The molecule has 0 saturated carbocycles. The third-order valence-electron chi connectivity index (χ3n) is 9.10. The summed E-state index contributed by atoms with van der Waals surface area (Å²) in [7, 11) is 6.44. The summed E-state index contributed by atoms with van der Waals surface area (Å²) in [6, 6.07) is 8.47. The summed E-state index contributed by atoms with van der Waals surface area (Å²) in [5, 5.41) is 0.0829. The van der Waals surface area contributed by atoms with E-state index in [9.17, 15) is 0 Å². The van der Waals surface area contributed by atoms with Crippen LogP contribution in [0, 0.1) is 5.92 Å². The van der Waals surface area contributed by atoms with Gasteiger partial charge in [-0.15, -0.1) is 0 Å². The van der Waals surface area contributed by atoms with E-state index in [0.29, 0.717) is 24.9 Å². The molecule has 0 aromatic heterocycles. The first-order valence-electron chi connectivity index (χ1n) is 15.2. The van der Waals surface area contributed by atoms with Crippen LogP contribution in [0.4, 0.5) is 0 Å². The van der Waals surface area contributed by atoms with E-state index in [-0.39, 0.29) is 17.1 Å². The molecule has 0 spiro atoms. The third-order valence-corrected chi connectivity index (χ3v) is 13.6. The van der Waals surface area contributed by atoms with E-state index in [1.807, 2.05) is 12.4 Å². The Kier molecular flexibility index (Phi) is 12.0. The second-order valence-corrected chi connectivity index (χ2v) is 17.9. The quantitative estimate of drug-likeness (QED) is 0.128. The van der Waals surface area contributed by atoms with E-state index in [0.717, 1.165) is 47.8 Å². The molecule has 3 rings (SSSR count). The van der Waals surface area contributed by atoms with E-state index < -0.39 is 8.32 Å². The highest BCUT2D eigenvalue weighted by molar-refractivity contribution is 6.74. The minimum Gasteiger partial charge on any atom is -0.493 e. The van der Waals surface area contributed by atoms with Crippen molar-refractivity contribution in [2.24, 2.45) is 10.9 Å². The molecule has 2 aromatic rings. The molecular weight excluding hydrogens is 560 g/mol. The highest BCUT2D eigenvalue weighted by Crippen LogP contribution is 2.43. The van der Waals surface area contributed by atoms with Crippen molar-refractivity contribution in [2.75, 3.05) is 48.7 Å². The monoisotopic (exact) mass is 614 g/mol. The van der Waals surface area contributed by atoms with Crippen LogP contribution in [0.5, 0.6) is 23.0 Å². The normalized spacial score (nSPS) is 16.4. The minimum absolute atomic E-state index is 0.00684. The van der Waals surface area contributed by atoms with Crippen LogP contribution in [0.3, 0.4) is 0 Å². The first kappa shape index (κ1) is 34.7. The Morgan fingerprint density at radius 3 is 2.16 bits per heavy atom. The molecule has 9 heteroatoms. The van der Waals surface area contributed by atoms with Crippen molar-refractivity contribution in [3.05, 3.63) is 46.5 Å². The summed E-state index contributed by atoms with van der Waals surface area (Å²) < 4.78 is 35.3. The van der Waals surface area contributed by atoms with Gasteiger partial charge in [-0.25, -0.2) is 0 Å². The summed E-state index contributed by atoms with van der Waals surface area (Å²) in [5.74, 6) is 3.26. The molecule has 0 bridgehead atoms. The Hall–Kier alpha value is -2.75. The van der Waals surface area contributed by atoms with E-state index in [1.54, 1.807) is 35.5 Å². The molecule has 0 unspecified atom stereocenters. The van der Waals surface area contributed by atoms with Gasteiger partial charge in [-0.1, -0.05) is 40.7 Å². The first-order chi connectivity index (χ1) is 20.3. The lowest BCUT2D eigenvalue weighted by molar-refractivity contribution is 0.164. The number of hydrogen-bond acceptors (Lipinski definition) is 7. The number of aliphatic imine (C=N–C) groups is 1. The first-order valence-corrected chi connectivity index (χ1v) is 18.1. The van der Waals surface area contributed by atoms with E-state index in [4.69, 9.17) is 33.1 Å². The average molecular weight is 615 g/mol. The average Bonchev–Trinajstić information content (AvgIpc) is 2.97. The number of methoxy groups -OCH3 is 5. The SMILES string of the molecule is COC[C@@H](N=CN1CCc2cc(OC)c(OC)cc2[C@@H]1Cc1ccc(OC)c(OC)c1CO[Si](C)(C)C(C)(C)C)C(C)C.